The smallest absolute Gasteiger partial charge is 0.253 e. The highest BCUT2D eigenvalue weighted by Crippen LogP contribution is 2.21. The number of amides is 2. The molecule has 1 fully saturated rings. The van der Waals surface area contributed by atoms with E-state index in [2.05, 4.69) is 22.5 Å². The monoisotopic (exact) mass is 473 g/mol. The van der Waals surface area contributed by atoms with Gasteiger partial charge in [0.05, 0.1) is 10.6 Å². The summed E-state index contributed by atoms with van der Waals surface area (Å²) >= 11 is 13.7. The number of thioether (sulfide) groups is 1. The lowest BCUT2D eigenvalue weighted by atomic mass is 10.0. The molecular formula is C22H33Cl2N3O2S. The molecule has 1 saturated heterocycles. The summed E-state index contributed by atoms with van der Waals surface area (Å²) in [5.74, 6) is 1.06. The molecule has 0 bridgehead atoms. The van der Waals surface area contributed by atoms with Crippen LogP contribution < -0.4 is 10.6 Å². The molecule has 1 heterocycles. The van der Waals surface area contributed by atoms with Gasteiger partial charge in [0.15, 0.2) is 0 Å². The normalized spacial score (nSPS) is 18.1. The highest BCUT2D eigenvalue weighted by atomic mass is 35.5. The molecule has 2 atom stereocenters. The standard InChI is InChI=1S/C22H33Cl2N3O2S/c1-16-6-5-12-27(15-16)11-4-3-10-25-22(29)20(9-13-30-2)26-21(28)18-8-7-17(23)14-19(18)24/h7-8,14,16,20H,3-6,9-13,15H2,1-2H3,(H,25,29)(H,26,28). The van der Waals surface area contributed by atoms with Gasteiger partial charge in [-0.2, -0.15) is 11.8 Å². The van der Waals surface area contributed by atoms with Crippen molar-refractivity contribution in [3.05, 3.63) is 33.8 Å². The van der Waals surface area contributed by atoms with Gasteiger partial charge in [0.2, 0.25) is 5.91 Å². The molecular weight excluding hydrogens is 441 g/mol. The number of piperidine rings is 1. The summed E-state index contributed by atoms with van der Waals surface area (Å²) in [4.78, 5) is 27.8. The van der Waals surface area contributed by atoms with Gasteiger partial charge in [-0.1, -0.05) is 30.1 Å². The number of likely N-dealkylation sites (tertiary alicyclic amines) is 1. The van der Waals surface area contributed by atoms with Crippen LogP contribution in [-0.4, -0.2) is 60.9 Å². The SMILES string of the molecule is CSCCC(NC(=O)c1ccc(Cl)cc1Cl)C(=O)NCCCCN1CCCC(C)C1. The molecule has 1 aliphatic rings. The fraction of sp³-hybridized carbons (Fsp3) is 0.636. The Kier molecular flexibility index (Phi) is 11.4. The Morgan fingerprint density at radius 3 is 2.80 bits per heavy atom. The van der Waals surface area contributed by atoms with Gasteiger partial charge in [0.1, 0.15) is 6.04 Å². The zero-order valence-electron chi connectivity index (χ0n) is 17.9. The number of hydrogen-bond acceptors (Lipinski definition) is 4. The van der Waals surface area contributed by atoms with E-state index in [1.54, 1.807) is 23.9 Å². The van der Waals surface area contributed by atoms with E-state index in [0.29, 0.717) is 23.6 Å². The zero-order chi connectivity index (χ0) is 21.9. The maximum Gasteiger partial charge on any atom is 0.253 e. The topological polar surface area (TPSA) is 61.4 Å². The summed E-state index contributed by atoms with van der Waals surface area (Å²) in [5, 5.41) is 6.55. The minimum Gasteiger partial charge on any atom is -0.354 e. The lowest BCUT2D eigenvalue weighted by molar-refractivity contribution is -0.123. The van der Waals surface area contributed by atoms with Crippen LogP contribution in [0.15, 0.2) is 18.2 Å². The fourth-order valence-electron chi connectivity index (χ4n) is 3.70. The second-order valence-electron chi connectivity index (χ2n) is 7.98. The largest absolute Gasteiger partial charge is 0.354 e. The van der Waals surface area contributed by atoms with E-state index in [1.165, 1.54) is 32.0 Å². The molecule has 168 valence electrons. The van der Waals surface area contributed by atoms with E-state index in [4.69, 9.17) is 23.2 Å². The van der Waals surface area contributed by atoms with Crippen LogP contribution in [0.4, 0.5) is 0 Å². The van der Waals surface area contributed by atoms with Crippen molar-refractivity contribution < 1.29 is 9.59 Å². The summed E-state index contributed by atoms with van der Waals surface area (Å²) in [6.07, 6.45) is 7.16. The highest BCUT2D eigenvalue weighted by Gasteiger charge is 2.22. The van der Waals surface area contributed by atoms with Crippen LogP contribution in [-0.2, 0) is 4.79 Å². The molecule has 0 aliphatic carbocycles. The van der Waals surface area contributed by atoms with E-state index in [0.717, 1.165) is 31.1 Å². The molecule has 2 unspecified atom stereocenters. The van der Waals surface area contributed by atoms with Crippen molar-refractivity contribution >= 4 is 46.8 Å². The molecule has 2 N–H and O–H groups in total. The molecule has 1 aliphatic heterocycles. The molecule has 8 heteroatoms. The van der Waals surface area contributed by atoms with Crippen LogP contribution in [0.2, 0.25) is 10.0 Å². The quantitative estimate of drug-likeness (QED) is 0.465. The van der Waals surface area contributed by atoms with Crippen molar-refractivity contribution in [3.8, 4) is 0 Å². The molecule has 1 aromatic carbocycles. The predicted octanol–water partition coefficient (Wildman–Crippen LogP) is 4.47. The fourth-order valence-corrected chi connectivity index (χ4v) is 4.66. The third-order valence-corrected chi connectivity index (χ3v) is 6.54. The summed E-state index contributed by atoms with van der Waals surface area (Å²) < 4.78 is 0. The first kappa shape index (κ1) is 25.3. The van der Waals surface area contributed by atoms with Crippen molar-refractivity contribution in [1.29, 1.82) is 0 Å². The van der Waals surface area contributed by atoms with Crippen molar-refractivity contribution in [3.63, 3.8) is 0 Å². The van der Waals surface area contributed by atoms with Crippen LogP contribution in [0.25, 0.3) is 0 Å². The summed E-state index contributed by atoms with van der Waals surface area (Å²) in [5.41, 5.74) is 0.318. The van der Waals surface area contributed by atoms with Crippen molar-refractivity contribution in [2.75, 3.05) is 38.2 Å². The molecule has 0 aromatic heterocycles. The molecule has 0 saturated carbocycles. The maximum absolute atomic E-state index is 12.7. The lowest BCUT2D eigenvalue weighted by Crippen LogP contribution is -2.47. The number of halogens is 2. The number of unbranched alkanes of at least 4 members (excludes halogenated alkanes) is 1. The first-order valence-corrected chi connectivity index (χ1v) is 12.8. The van der Waals surface area contributed by atoms with Crippen LogP contribution in [0.1, 0.15) is 49.4 Å². The Bertz CT molecular complexity index is 705. The lowest BCUT2D eigenvalue weighted by Gasteiger charge is -2.30. The van der Waals surface area contributed by atoms with Gasteiger partial charge < -0.3 is 15.5 Å². The predicted molar refractivity (Wildman–Crippen MR) is 128 cm³/mol. The van der Waals surface area contributed by atoms with Gasteiger partial charge in [-0.25, -0.2) is 0 Å². The maximum atomic E-state index is 12.7. The summed E-state index contributed by atoms with van der Waals surface area (Å²) in [6.45, 7) is 6.39. The molecule has 5 nitrogen and oxygen atoms in total. The van der Waals surface area contributed by atoms with Crippen LogP contribution in [0, 0.1) is 5.92 Å². The third kappa shape index (κ3) is 8.66. The second kappa shape index (κ2) is 13.5. The van der Waals surface area contributed by atoms with Crippen LogP contribution >= 0.6 is 35.0 Å². The van der Waals surface area contributed by atoms with Crippen molar-refractivity contribution in [2.24, 2.45) is 5.92 Å². The molecule has 1 aromatic rings. The highest BCUT2D eigenvalue weighted by molar-refractivity contribution is 7.98. The van der Waals surface area contributed by atoms with E-state index in [-0.39, 0.29) is 16.8 Å². The number of rotatable bonds is 11. The number of carbonyl (C=O) groups excluding carboxylic acids is 2. The Morgan fingerprint density at radius 2 is 2.10 bits per heavy atom. The molecule has 0 spiro atoms. The van der Waals surface area contributed by atoms with Gasteiger partial charge in [0, 0.05) is 18.1 Å². The Morgan fingerprint density at radius 1 is 1.30 bits per heavy atom. The van der Waals surface area contributed by atoms with Crippen molar-refractivity contribution in [2.45, 2.75) is 45.1 Å². The third-order valence-electron chi connectivity index (χ3n) is 5.35. The van der Waals surface area contributed by atoms with Gasteiger partial charge in [-0.05, 0) is 81.3 Å². The second-order valence-corrected chi connectivity index (χ2v) is 9.81. The van der Waals surface area contributed by atoms with E-state index in [9.17, 15) is 9.59 Å². The molecule has 2 amide bonds. The number of nitrogens with zero attached hydrogens (tertiary/aromatic N) is 1. The number of nitrogens with one attached hydrogen (secondary N) is 2. The first-order valence-electron chi connectivity index (χ1n) is 10.7. The van der Waals surface area contributed by atoms with Gasteiger partial charge in [-0.3, -0.25) is 9.59 Å². The van der Waals surface area contributed by atoms with Crippen LogP contribution in [0.3, 0.4) is 0 Å². The van der Waals surface area contributed by atoms with Gasteiger partial charge in [-0.15, -0.1) is 0 Å². The number of carbonyl (C=O) groups is 2. The van der Waals surface area contributed by atoms with E-state index >= 15 is 0 Å². The Balaban J connectivity index is 1.78. The zero-order valence-corrected chi connectivity index (χ0v) is 20.2. The Labute approximate surface area is 194 Å². The van der Waals surface area contributed by atoms with Crippen molar-refractivity contribution in [1.82, 2.24) is 15.5 Å². The average molecular weight is 474 g/mol. The van der Waals surface area contributed by atoms with Crippen LogP contribution in [0.5, 0.6) is 0 Å². The minimum atomic E-state index is -0.584. The number of benzene rings is 1. The minimum absolute atomic E-state index is 0.144. The molecule has 30 heavy (non-hydrogen) atoms. The number of hydrogen-bond donors (Lipinski definition) is 2. The molecule has 0 radical (unpaired) electrons. The summed E-state index contributed by atoms with van der Waals surface area (Å²) in [6, 6.07) is 4.13. The average Bonchev–Trinajstić information content (AvgIpc) is 2.70. The summed E-state index contributed by atoms with van der Waals surface area (Å²) in [7, 11) is 0. The van der Waals surface area contributed by atoms with Gasteiger partial charge in [0.25, 0.3) is 5.91 Å². The van der Waals surface area contributed by atoms with E-state index < -0.39 is 6.04 Å². The Hall–Kier alpha value is -0.950. The van der Waals surface area contributed by atoms with Gasteiger partial charge >= 0.3 is 0 Å². The molecule has 2 rings (SSSR count). The first-order chi connectivity index (χ1) is 14.4. The van der Waals surface area contributed by atoms with E-state index in [1.807, 2.05) is 6.26 Å².